The van der Waals surface area contributed by atoms with Crippen molar-refractivity contribution in [3.05, 3.63) is 0 Å². The van der Waals surface area contributed by atoms with Gasteiger partial charge in [-0.25, -0.2) is 0 Å². The third kappa shape index (κ3) is 6.91. The Morgan fingerprint density at radius 1 is 1.07 bits per heavy atom. The highest BCUT2D eigenvalue weighted by Gasteiger charge is 2.17. The fourth-order valence-electron chi connectivity index (χ4n) is 1.94. The summed E-state index contributed by atoms with van der Waals surface area (Å²) in [5, 5.41) is 3.56. The number of nitrogens with zero attached hydrogens (tertiary/aromatic N) is 1. The van der Waals surface area contributed by atoms with Crippen LogP contribution in [0.4, 0.5) is 0 Å². The highest BCUT2D eigenvalue weighted by Crippen LogP contribution is 2.08. The maximum Gasteiger partial charge on any atom is 0.0240 e. The Kier molecular flexibility index (Phi) is 8.07. The second kappa shape index (κ2) is 8.12. The first-order valence-corrected chi connectivity index (χ1v) is 6.40. The molecule has 0 aliphatic heterocycles. The van der Waals surface area contributed by atoms with E-state index in [1.807, 2.05) is 0 Å². The summed E-state index contributed by atoms with van der Waals surface area (Å²) in [6.45, 7) is 14.8. The Hall–Kier alpha value is -0.0800. The van der Waals surface area contributed by atoms with Gasteiger partial charge in [0.05, 0.1) is 0 Å². The van der Waals surface area contributed by atoms with Crippen LogP contribution in [-0.4, -0.2) is 37.6 Å². The van der Waals surface area contributed by atoms with Gasteiger partial charge in [-0.2, -0.15) is 0 Å². The normalized spacial score (nSPS) is 14.2. The molecule has 15 heavy (non-hydrogen) atoms. The van der Waals surface area contributed by atoms with E-state index in [9.17, 15) is 0 Å². The SMILES string of the molecule is CCCN(C)C(CNCC(C)C)C(C)C. The molecule has 1 N–H and O–H groups in total. The Labute approximate surface area is 96.4 Å². The lowest BCUT2D eigenvalue weighted by Crippen LogP contribution is -2.44. The van der Waals surface area contributed by atoms with Gasteiger partial charge >= 0.3 is 0 Å². The van der Waals surface area contributed by atoms with Gasteiger partial charge in [-0.05, 0) is 38.4 Å². The van der Waals surface area contributed by atoms with Crippen molar-refractivity contribution in [2.24, 2.45) is 11.8 Å². The third-order valence-corrected chi connectivity index (χ3v) is 2.82. The van der Waals surface area contributed by atoms with E-state index in [4.69, 9.17) is 0 Å². The van der Waals surface area contributed by atoms with Gasteiger partial charge in [0, 0.05) is 12.6 Å². The van der Waals surface area contributed by atoms with Crippen LogP contribution in [0, 0.1) is 11.8 Å². The molecule has 0 aliphatic rings. The van der Waals surface area contributed by atoms with Crippen molar-refractivity contribution < 1.29 is 0 Å². The summed E-state index contributed by atoms with van der Waals surface area (Å²) < 4.78 is 0. The van der Waals surface area contributed by atoms with E-state index in [1.165, 1.54) is 13.0 Å². The van der Waals surface area contributed by atoms with Crippen LogP contribution in [0.5, 0.6) is 0 Å². The van der Waals surface area contributed by atoms with Crippen molar-refractivity contribution in [2.75, 3.05) is 26.7 Å². The standard InChI is InChI=1S/C13H30N2/c1-7-8-15(6)13(12(4)5)10-14-9-11(2)3/h11-14H,7-10H2,1-6H3. The second-order valence-electron chi connectivity index (χ2n) is 5.34. The maximum atomic E-state index is 3.56. The Morgan fingerprint density at radius 3 is 2.07 bits per heavy atom. The topological polar surface area (TPSA) is 15.3 Å². The van der Waals surface area contributed by atoms with Gasteiger partial charge in [-0.1, -0.05) is 34.6 Å². The fourth-order valence-corrected chi connectivity index (χ4v) is 1.94. The van der Waals surface area contributed by atoms with E-state index >= 15 is 0 Å². The van der Waals surface area contributed by atoms with Gasteiger partial charge in [0.15, 0.2) is 0 Å². The fraction of sp³-hybridized carbons (Fsp3) is 1.00. The summed E-state index contributed by atoms with van der Waals surface area (Å²) in [6, 6.07) is 0.670. The molecule has 0 radical (unpaired) electrons. The molecule has 0 saturated heterocycles. The van der Waals surface area contributed by atoms with Crippen LogP contribution in [0.15, 0.2) is 0 Å². The molecule has 0 heterocycles. The van der Waals surface area contributed by atoms with Gasteiger partial charge in [0.2, 0.25) is 0 Å². The molecule has 2 nitrogen and oxygen atoms in total. The van der Waals surface area contributed by atoms with Crippen molar-refractivity contribution >= 4 is 0 Å². The van der Waals surface area contributed by atoms with E-state index in [1.54, 1.807) is 0 Å². The van der Waals surface area contributed by atoms with E-state index in [0.717, 1.165) is 24.9 Å². The molecule has 0 amide bonds. The maximum absolute atomic E-state index is 3.56. The lowest BCUT2D eigenvalue weighted by atomic mass is 10.0. The highest BCUT2D eigenvalue weighted by atomic mass is 15.1. The zero-order valence-corrected chi connectivity index (χ0v) is 11.5. The summed E-state index contributed by atoms with van der Waals surface area (Å²) in [4.78, 5) is 2.48. The minimum absolute atomic E-state index is 0.670. The van der Waals surface area contributed by atoms with E-state index in [-0.39, 0.29) is 0 Å². The molecule has 0 aromatic carbocycles. The van der Waals surface area contributed by atoms with Crippen LogP contribution in [-0.2, 0) is 0 Å². The summed E-state index contributed by atoms with van der Waals surface area (Å²) in [6.07, 6.45) is 1.24. The van der Waals surface area contributed by atoms with Crippen LogP contribution in [0.1, 0.15) is 41.0 Å². The molecule has 1 unspecified atom stereocenters. The summed E-state index contributed by atoms with van der Waals surface area (Å²) in [7, 11) is 2.24. The number of nitrogens with one attached hydrogen (secondary N) is 1. The zero-order valence-electron chi connectivity index (χ0n) is 11.5. The van der Waals surface area contributed by atoms with Crippen molar-refractivity contribution in [2.45, 2.75) is 47.1 Å². The monoisotopic (exact) mass is 214 g/mol. The Bertz CT molecular complexity index is 143. The van der Waals surface area contributed by atoms with Gasteiger partial charge < -0.3 is 10.2 Å². The largest absolute Gasteiger partial charge is 0.315 e. The summed E-state index contributed by atoms with van der Waals surface area (Å²) >= 11 is 0. The second-order valence-corrected chi connectivity index (χ2v) is 5.34. The molecular formula is C13H30N2. The summed E-state index contributed by atoms with van der Waals surface area (Å²) in [5.41, 5.74) is 0. The van der Waals surface area contributed by atoms with Crippen LogP contribution >= 0.6 is 0 Å². The molecule has 0 fully saturated rings. The molecule has 0 aliphatic carbocycles. The van der Waals surface area contributed by atoms with Crippen molar-refractivity contribution in [1.82, 2.24) is 10.2 Å². The van der Waals surface area contributed by atoms with Crippen LogP contribution in [0.3, 0.4) is 0 Å². The van der Waals surface area contributed by atoms with E-state index in [2.05, 4.69) is 51.9 Å². The molecule has 0 bridgehead atoms. The smallest absolute Gasteiger partial charge is 0.0240 e. The molecule has 0 aromatic rings. The average molecular weight is 214 g/mol. The number of likely N-dealkylation sites (N-methyl/N-ethyl adjacent to an activating group) is 1. The lowest BCUT2D eigenvalue weighted by Gasteiger charge is -2.31. The average Bonchev–Trinajstić information content (AvgIpc) is 2.11. The Morgan fingerprint density at radius 2 is 1.67 bits per heavy atom. The molecule has 0 spiro atoms. The van der Waals surface area contributed by atoms with Crippen molar-refractivity contribution in [3.63, 3.8) is 0 Å². The first-order chi connectivity index (χ1) is 6.99. The van der Waals surface area contributed by atoms with Gasteiger partial charge in [-0.3, -0.25) is 0 Å². The van der Waals surface area contributed by atoms with E-state index < -0.39 is 0 Å². The number of hydrogen-bond donors (Lipinski definition) is 1. The minimum Gasteiger partial charge on any atom is -0.315 e. The van der Waals surface area contributed by atoms with Gasteiger partial charge in [-0.15, -0.1) is 0 Å². The van der Waals surface area contributed by atoms with Gasteiger partial charge in [0.1, 0.15) is 0 Å². The van der Waals surface area contributed by atoms with E-state index in [0.29, 0.717) is 6.04 Å². The minimum atomic E-state index is 0.670. The molecular weight excluding hydrogens is 184 g/mol. The lowest BCUT2D eigenvalue weighted by molar-refractivity contribution is 0.186. The predicted molar refractivity (Wildman–Crippen MR) is 69.3 cm³/mol. The first-order valence-electron chi connectivity index (χ1n) is 6.40. The number of hydrogen-bond acceptors (Lipinski definition) is 2. The molecule has 2 heteroatoms. The molecule has 1 atom stereocenters. The predicted octanol–water partition coefficient (Wildman–Crippen LogP) is 2.60. The quantitative estimate of drug-likeness (QED) is 0.668. The number of rotatable bonds is 8. The zero-order chi connectivity index (χ0) is 11.8. The molecule has 0 saturated carbocycles. The van der Waals surface area contributed by atoms with Gasteiger partial charge in [0.25, 0.3) is 0 Å². The van der Waals surface area contributed by atoms with Crippen LogP contribution in [0.25, 0.3) is 0 Å². The van der Waals surface area contributed by atoms with Crippen molar-refractivity contribution in [1.29, 1.82) is 0 Å². The molecule has 92 valence electrons. The first kappa shape index (κ1) is 14.9. The van der Waals surface area contributed by atoms with Crippen LogP contribution in [0.2, 0.25) is 0 Å². The molecule has 0 rings (SSSR count). The Balaban J connectivity index is 3.93. The third-order valence-electron chi connectivity index (χ3n) is 2.82. The molecule has 0 aromatic heterocycles. The van der Waals surface area contributed by atoms with Crippen molar-refractivity contribution in [3.8, 4) is 0 Å². The van der Waals surface area contributed by atoms with Crippen LogP contribution < -0.4 is 5.32 Å². The highest BCUT2D eigenvalue weighted by molar-refractivity contribution is 4.74. The summed E-state index contributed by atoms with van der Waals surface area (Å²) in [5.74, 6) is 1.47.